The van der Waals surface area contributed by atoms with Gasteiger partial charge in [0, 0.05) is 12.6 Å². The average Bonchev–Trinajstić information content (AvgIpc) is 2.36. The number of methoxy groups -OCH3 is 1. The van der Waals surface area contributed by atoms with E-state index >= 15 is 0 Å². The summed E-state index contributed by atoms with van der Waals surface area (Å²) in [7, 11) is 1.69. The molecular formula is C15H25NO. The molecule has 0 saturated heterocycles. The first kappa shape index (κ1) is 14.0. The zero-order valence-corrected chi connectivity index (χ0v) is 11.7. The van der Waals surface area contributed by atoms with Crippen LogP contribution < -0.4 is 10.1 Å². The van der Waals surface area contributed by atoms with Crippen molar-refractivity contribution in [1.29, 1.82) is 0 Å². The van der Waals surface area contributed by atoms with Crippen molar-refractivity contribution in [3.8, 4) is 5.75 Å². The van der Waals surface area contributed by atoms with Crippen LogP contribution in [0.4, 0.5) is 0 Å². The minimum absolute atomic E-state index is 0.362. The normalized spacial score (nSPS) is 13.5. The molecule has 0 bridgehead atoms. The molecule has 0 heterocycles. The fraction of sp³-hybridized carbons (Fsp3) is 0.600. The van der Waals surface area contributed by atoms with Gasteiger partial charge in [-0.05, 0) is 36.5 Å². The van der Waals surface area contributed by atoms with Gasteiger partial charge in [0.05, 0.1) is 7.11 Å². The predicted octanol–water partition coefficient (Wildman–Crippen LogP) is 3.78. The van der Waals surface area contributed by atoms with Crippen molar-refractivity contribution in [3.05, 3.63) is 29.8 Å². The van der Waals surface area contributed by atoms with Crippen LogP contribution in [-0.2, 0) is 0 Å². The average molecular weight is 235 g/mol. The van der Waals surface area contributed by atoms with Crippen LogP contribution in [0.3, 0.4) is 0 Å². The molecule has 1 aromatic rings. The first-order chi connectivity index (χ1) is 7.98. The van der Waals surface area contributed by atoms with Gasteiger partial charge < -0.3 is 10.1 Å². The number of rotatable bonds is 6. The molecule has 0 aliphatic heterocycles. The molecule has 1 N–H and O–H groups in total. The van der Waals surface area contributed by atoms with E-state index in [0.717, 1.165) is 12.3 Å². The molecule has 0 aliphatic carbocycles. The van der Waals surface area contributed by atoms with Gasteiger partial charge in [-0.15, -0.1) is 0 Å². The Balaban J connectivity index is 2.54. The van der Waals surface area contributed by atoms with Crippen molar-refractivity contribution in [3.63, 3.8) is 0 Å². The summed E-state index contributed by atoms with van der Waals surface area (Å²) >= 11 is 0. The van der Waals surface area contributed by atoms with Gasteiger partial charge in [0.25, 0.3) is 0 Å². The van der Waals surface area contributed by atoms with Crippen molar-refractivity contribution >= 4 is 0 Å². The van der Waals surface area contributed by atoms with Gasteiger partial charge in [0.2, 0.25) is 0 Å². The molecule has 0 amide bonds. The molecule has 2 heteroatoms. The number of ether oxygens (including phenoxy) is 1. The molecule has 1 atom stereocenters. The van der Waals surface area contributed by atoms with E-state index in [4.69, 9.17) is 4.74 Å². The van der Waals surface area contributed by atoms with Crippen molar-refractivity contribution in [2.24, 2.45) is 5.41 Å². The van der Waals surface area contributed by atoms with E-state index in [-0.39, 0.29) is 0 Å². The molecule has 0 saturated carbocycles. The highest BCUT2D eigenvalue weighted by atomic mass is 16.5. The van der Waals surface area contributed by atoms with E-state index in [2.05, 4.69) is 45.1 Å². The number of hydrogen-bond acceptors (Lipinski definition) is 2. The lowest BCUT2D eigenvalue weighted by Crippen LogP contribution is -2.30. The van der Waals surface area contributed by atoms with Gasteiger partial charge >= 0.3 is 0 Å². The van der Waals surface area contributed by atoms with Crippen LogP contribution in [0.25, 0.3) is 0 Å². The largest absolute Gasteiger partial charge is 0.497 e. The second-order valence-corrected chi connectivity index (χ2v) is 5.39. The monoisotopic (exact) mass is 235 g/mol. The third-order valence-electron chi connectivity index (χ3n) is 3.46. The van der Waals surface area contributed by atoms with Gasteiger partial charge in [-0.1, -0.05) is 32.9 Å². The van der Waals surface area contributed by atoms with Crippen LogP contribution in [0, 0.1) is 5.41 Å². The second-order valence-electron chi connectivity index (χ2n) is 5.39. The molecule has 96 valence electrons. The maximum Gasteiger partial charge on any atom is 0.118 e. The summed E-state index contributed by atoms with van der Waals surface area (Å²) in [6.07, 6.45) is 1.19. The third kappa shape index (κ3) is 4.39. The first-order valence-electron chi connectivity index (χ1n) is 6.36. The lowest BCUT2D eigenvalue weighted by molar-refractivity contribution is 0.314. The Morgan fingerprint density at radius 2 is 1.82 bits per heavy atom. The minimum Gasteiger partial charge on any atom is -0.497 e. The zero-order chi connectivity index (χ0) is 12.9. The highest BCUT2D eigenvalue weighted by molar-refractivity contribution is 5.28. The Morgan fingerprint density at radius 1 is 1.24 bits per heavy atom. The van der Waals surface area contributed by atoms with E-state index in [1.165, 1.54) is 12.0 Å². The topological polar surface area (TPSA) is 21.3 Å². The zero-order valence-electron chi connectivity index (χ0n) is 11.7. The SMILES string of the molecule is CCC(C)(C)CNC(C)c1ccc(OC)cc1. The second kappa shape index (κ2) is 6.06. The summed E-state index contributed by atoms with van der Waals surface area (Å²) in [4.78, 5) is 0. The molecule has 0 spiro atoms. The Labute approximate surface area is 105 Å². The van der Waals surface area contributed by atoms with E-state index in [1.54, 1.807) is 7.11 Å². The van der Waals surface area contributed by atoms with Crippen molar-refractivity contribution in [1.82, 2.24) is 5.32 Å². The maximum atomic E-state index is 5.16. The Kier molecular flexibility index (Phi) is 5.01. The molecule has 0 radical (unpaired) electrons. The number of nitrogens with one attached hydrogen (secondary N) is 1. The summed E-state index contributed by atoms with van der Waals surface area (Å²) in [5.74, 6) is 0.912. The highest BCUT2D eigenvalue weighted by Crippen LogP contribution is 2.21. The predicted molar refractivity (Wildman–Crippen MR) is 73.5 cm³/mol. The van der Waals surface area contributed by atoms with E-state index in [1.807, 2.05) is 12.1 Å². The molecule has 0 aromatic heterocycles. The molecule has 1 unspecified atom stereocenters. The molecule has 17 heavy (non-hydrogen) atoms. The maximum absolute atomic E-state index is 5.16. The van der Waals surface area contributed by atoms with Crippen LogP contribution in [0.1, 0.15) is 45.7 Å². The molecule has 2 nitrogen and oxygen atoms in total. The summed E-state index contributed by atoms with van der Waals surface area (Å²) in [6.45, 7) is 10.1. The quantitative estimate of drug-likeness (QED) is 0.810. The first-order valence-corrected chi connectivity index (χ1v) is 6.36. The lowest BCUT2D eigenvalue weighted by atomic mass is 9.90. The van der Waals surface area contributed by atoms with Crippen LogP contribution in [0.5, 0.6) is 5.75 Å². The number of hydrogen-bond donors (Lipinski definition) is 1. The summed E-state index contributed by atoms with van der Waals surface area (Å²) in [6, 6.07) is 8.65. The van der Waals surface area contributed by atoms with Gasteiger partial charge in [0.1, 0.15) is 5.75 Å². The van der Waals surface area contributed by atoms with Crippen LogP contribution in [-0.4, -0.2) is 13.7 Å². The molecular weight excluding hydrogens is 210 g/mol. The van der Waals surface area contributed by atoms with Crippen LogP contribution >= 0.6 is 0 Å². The van der Waals surface area contributed by atoms with Crippen LogP contribution in [0.2, 0.25) is 0 Å². The van der Waals surface area contributed by atoms with Gasteiger partial charge in [-0.3, -0.25) is 0 Å². The smallest absolute Gasteiger partial charge is 0.118 e. The standard InChI is InChI=1S/C15H25NO/c1-6-15(3,4)11-16-12(2)13-7-9-14(17-5)10-8-13/h7-10,12,16H,6,11H2,1-5H3. The fourth-order valence-electron chi connectivity index (χ4n) is 1.56. The Hall–Kier alpha value is -1.02. The molecule has 0 aliphatic rings. The lowest BCUT2D eigenvalue weighted by Gasteiger charge is -2.26. The van der Waals surface area contributed by atoms with Crippen molar-refractivity contribution in [2.45, 2.75) is 40.2 Å². The summed E-state index contributed by atoms with van der Waals surface area (Å²) in [5.41, 5.74) is 1.67. The van der Waals surface area contributed by atoms with Gasteiger partial charge in [-0.25, -0.2) is 0 Å². The molecule has 1 aromatic carbocycles. The van der Waals surface area contributed by atoms with E-state index in [0.29, 0.717) is 11.5 Å². The van der Waals surface area contributed by atoms with E-state index < -0.39 is 0 Å². The van der Waals surface area contributed by atoms with Gasteiger partial charge in [0.15, 0.2) is 0 Å². The van der Waals surface area contributed by atoms with E-state index in [9.17, 15) is 0 Å². The molecule has 0 fully saturated rings. The highest BCUT2D eigenvalue weighted by Gasteiger charge is 2.16. The number of benzene rings is 1. The summed E-state index contributed by atoms with van der Waals surface area (Å²) in [5, 5.41) is 3.59. The Morgan fingerprint density at radius 3 is 2.29 bits per heavy atom. The van der Waals surface area contributed by atoms with Crippen LogP contribution in [0.15, 0.2) is 24.3 Å². The Bertz CT molecular complexity index is 329. The summed E-state index contributed by atoms with van der Waals surface area (Å²) < 4.78 is 5.16. The third-order valence-corrected chi connectivity index (χ3v) is 3.46. The molecule has 1 rings (SSSR count). The fourth-order valence-corrected chi connectivity index (χ4v) is 1.56. The van der Waals surface area contributed by atoms with Crippen molar-refractivity contribution in [2.75, 3.05) is 13.7 Å². The van der Waals surface area contributed by atoms with Crippen molar-refractivity contribution < 1.29 is 4.74 Å². The minimum atomic E-state index is 0.362. The van der Waals surface area contributed by atoms with Gasteiger partial charge in [-0.2, -0.15) is 0 Å².